The van der Waals surface area contributed by atoms with Crippen molar-refractivity contribution < 1.29 is 9.59 Å². The zero-order chi connectivity index (χ0) is 15.1. The van der Waals surface area contributed by atoms with Crippen molar-refractivity contribution in [3.05, 3.63) is 0 Å². The highest BCUT2D eigenvalue weighted by Gasteiger charge is 2.25. The van der Waals surface area contributed by atoms with E-state index >= 15 is 0 Å². The second kappa shape index (κ2) is 8.21. The summed E-state index contributed by atoms with van der Waals surface area (Å²) in [4.78, 5) is 27.7. The second-order valence-electron chi connectivity index (χ2n) is 5.85. The third kappa shape index (κ3) is 5.46. The van der Waals surface area contributed by atoms with Gasteiger partial charge in [-0.2, -0.15) is 0 Å². The van der Waals surface area contributed by atoms with Crippen molar-refractivity contribution in [3.63, 3.8) is 0 Å². The first kappa shape index (κ1) is 16.9. The smallest absolute Gasteiger partial charge is 0.239 e. The summed E-state index contributed by atoms with van der Waals surface area (Å²) in [5.74, 6) is 0.327. The van der Waals surface area contributed by atoms with Gasteiger partial charge in [-0.25, -0.2) is 0 Å². The van der Waals surface area contributed by atoms with E-state index in [1.807, 2.05) is 20.8 Å². The van der Waals surface area contributed by atoms with Gasteiger partial charge in [0.25, 0.3) is 0 Å². The molecule has 1 heterocycles. The molecule has 1 saturated heterocycles. The number of likely N-dealkylation sites (N-methyl/N-ethyl adjacent to an activating group) is 1. The molecule has 0 radical (unpaired) electrons. The summed E-state index contributed by atoms with van der Waals surface area (Å²) < 4.78 is 0. The fourth-order valence-corrected chi connectivity index (χ4v) is 2.21. The molecule has 1 aliphatic rings. The van der Waals surface area contributed by atoms with E-state index in [1.165, 1.54) is 4.90 Å². The van der Waals surface area contributed by atoms with Crippen LogP contribution in [0, 0.1) is 5.92 Å². The fraction of sp³-hybridized carbons (Fsp3) is 0.857. The molecule has 2 amide bonds. The van der Waals surface area contributed by atoms with E-state index in [-0.39, 0.29) is 24.4 Å². The largest absolute Gasteiger partial charge is 0.354 e. The van der Waals surface area contributed by atoms with Gasteiger partial charge >= 0.3 is 0 Å². The van der Waals surface area contributed by atoms with Crippen LogP contribution in [0.3, 0.4) is 0 Å². The summed E-state index contributed by atoms with van der Waals surface area (Å²) in [6.45, 7) is 10.3. The van der Waals surface area contributed by atoms with Crippen LogP contribution in [0.25, 0.3) is 0 Å². The van der Waals surface area contributed by atoms with Gasteiger partial charge in [0.1, 0.15) is 0 Å². The Hall–Kier alpha value is -1.14. The van der Waals surface area contributed by atoms with Crippen LogP contribution < -0.4 is 10.6 Å². The maximum Gasteiger partial charge on any atom is 0.239 e. The number of carbonyl (C=O) groups is 2. The van der Waals surface area contributed by atoms with E-state index in [0.717, 1.165) is 26.2 Å². The van der Waals surface area contributed by atoms with Gasteiger partial charge in [0.05, 0.1) is 12.6 Å². The summed E-state index contributed by atoms with van der Waals surface area (Å²) in [5, 5.41) is 6.10. The summed E-state index contributed by atoms with van der Waals surface area (Å²) in [7, 11) is 1.69. The van der Waals surface area contributed by atoms with Crippen molar-refractivity contribution in [2.45, 2.75) is 26.8 Å². The van der Waals surface area contributed by atoms with Crippen molar-refractivity contribution >= 4 is 11.8 Å². The lowest BCUT2D eigenvalue weighted by atomic mass is 10.2. The first-order valence-electron chi connectivity index (χ1n) is 7.38. The molecule has 0 aromatic heterocycles. The van der Waals surface area contributed by atoms with E-state index in [0.29, 0.717) is 12.5 Å². The standard InChI is InChI=1S/C14H28N4O2/c1-11(2)9-16-13(19)10-17(4)14(20)12(3)18-7-5-15-6-8-18/h11-12,15H,5-10H2,1-4H3,(H,16,19). The zero-order valence-electron chi connectivity index (χ0n) is 13.1. The molecule has 1 aliphatic heterocycles. The lowest BCUT2D eigenvalue weighted by Crippen LogP contribution is -2.54. The number of carbonyl (C=O) groups excluding carboxylic acids is 2. The molecule has 20 heavy (non-hydrogen) atoms. The van der Waals surface area contributed by atoms with Crippen LogP contribution >= 0.6 is 0 Å². The highest BCUT2D eigenvalue weighted by Crippen LogP contribution is 2.04. The van der Waals surface area contributed by atoms with Crippen molar-refractivity contribution in [2.75, 3.05) is 46.3 Å². The van der Waals surface area contributed by atoms with Gasteiger partial charge in [0.2, 0.25) is 11.8 Å². The molecule has 1 rings (SSSR count). The molecule has 0 aliphatic carbocycles. The molecule has 0 bridgehead atoms. The average Bonchev–Trinajstić information content (AvgIpc) is 2.44. The molecular formula is C14H28N4O2. The summed E-state index contributed by atoms with van der Waals surface area (Å²) in [6, 6.07) is -0.167. The molecule has 2 N–H and O–H groups in total. The van der Waals surface area contributed by atoms with Gasteiger partial charge in [-0.1, -0.05) is 13.8 Å². The normalized spacial score (nSPS) is 17.9. The number of nitrogens with one attached hydrogen (secondary N) is 2. The fourth-order valence-electron chi connectivity index (χ4n) is 2.21. The van der Waals surface area contributed by atoms with Crippen LogP contribution in [0.2, 0.25) is 0 Å². The average molecular weight is 284 g/mol. The lowest BCUT2D eigenvalue weighted by Gasteiger charge is -2.33. The van der Waals surface area contributed by atoms with Crippen LogP contribution in [0.5, 0.6) is 0 Å². The van der Waals surface area contributed by atoms with Crippen LogP contribution in [0.15, 0.2) is 0 Å². The van der Waals surface area contributed by atoms with Gasteiger partial charge in [0, 0.05) is 39.8 Å². The van der Waals surface area contributed by atoms with Gasteiger partial charge in [0.15, 0.2) is 0 Å². The predicted octanol–water partition coefficient (Wildman–Crippen LogP) is -0.489. The topological polar surface area (TPSA) is 64.7 Å². The molecular weight excluding hydrogens is 256 g/mol. The Morgan fingerprint density at radius 3 is 2.40 bits per heavy atom. The van der Waals surface area contributed by atoms with Gasteiger partial charge in [-0.15, -0.1) is 0 Å². The first-order valence-corrected chi connectivity index (χ1v) is 7.38. The molecule has 0 aromatic rings. The van der Waals surface area contributed by atoms with E-state index in [2.05, 4.69) is 15.5 Å². The highest BCUT2D eigenvalue weighted by atomic mass is 16.2. The molecule has 0 spiro atoms. The number of nitrogens with zero attached hydrogens (tertiary/aromatic N) is 2. The lowest BCUT2D eigenvalue weighted by molar-refractivity contribution is -0.139. The van der Waals surface area contributed by atoms with E-state index in [1.54, 1.807) is 7.05 Å². The SMILES string of the molecule is CC(C)CNC(=O)CN(C)C(=O)C(C)N1CCNCC1. The van der Waals surface area contributed by atoms with Crippen molar-refractivity contribution in [1.29, 1.82) is 0 Å². The van der Waals surface area contributed by atoms with E-state index in [9.17, 15) is 9.59 Å². The molecule has 1 fully saturated rings. The summed E-state index contributed by atoms with van der Waals surface area (Å²) >= 11 is 0. The third-order valence-corrected chi connectivity index (χ3v) is 3.52. The Morgan fingerprint density at radius 1 is 1.25 bits per heavy atom. The van der Waals surface area contributed by atoms with E-state index in [4.69, 9.17) is 0 Å². The maximum absolute atomic E-state index is 12.3. The molecule has 0 aromatic carbocycles. The minimum absolute atomic E-state index is 0.00611. The number of piperazine rings is 1. The van der Waals surface area contributed by atoms with Crippen LogP contribution in [0.1, 0.15) is 20.8 Å². The second-order valence-corrected chi connectivity index (χ2v) is 5.85. The molecule has 6 nitrogen and oxygen atoms in total. The predicted molar refractivity (Wildman–Crippen MR) is 79.4 cm³/mol. The molecule has 1 atom stereocenters. The van der Waals surface area contributed by atoms with Gasteiger partial charge in [-0.3, -0.25) is 14.5 Å². The van der Waals surface area contributed by atoms with Crippen LogP contribution in [-0.4, -0.2) is 74.0 Å². The molecule has 116 valence electrons. The monoisotopic (exact) mass is 284 g/mol. The first-order chi connectivity index (χ1) is 9.41. The van der Waals surface area contributed by atoms with E-state index < -0.39 is 0 Å². The number of hydrogen-bond acceptors (Lipinski definition) is 4. The zero-order valence-corrected chi connectivity index (χ0v) is 13.1. The maximum atomic E-state index is 12.3. The van der Waals surface area contributed by atoms with Gasteiger partial charge in [-0.05, 0) is 12.8 Å². The number of rotatable bonds is 6. The summed E-state index contributed by atoms with van der Waals surface area (Å²) in [6.07, 6.45) is 0. The third-order valence-electron chi connectivity index (χ3n) is 3.52. The quantitative estimate of drug-likeness (QED) is 0.691. The van der Waals surface area contributed by atoms with Crippen LogP contribution in [-0.2, 0) is 9.59 Å². The Morgan fingerprint density at radius 2 is 1.85 bits per heavy atom. The van der Waals surface area contributed by atoms with Crippen molar-refractivity contribution in [1.82, 2.24) is 20.4 Å². The number of hydrogen-bond donors (Lipinski definition) is 2. The Balaban J connectivity index is 2.39. The Labute approximate surface area is 121 Å². The molecule has 1 unspecified atom stereocenters. The van der Waals surface area contributed by atoms with Crippen LogP contribution in [0.4, 0.5) is 0 Å². The van der Waals surface area contributed by atoms with Gasteiger partial charge < -0.3 is 15.5 Å². The Bertz CT molecular complexity index is 327. The van der Waals surface area contributed by atoms with Crippen molar-refractivity contribution in [2.24, 2.45) is 5.92 Å². The highest BCUT2D eigenvalue weighted by molar-refractivity contribution is 5.87. The number of amides is 2. The summed E-state index contributed by atoms with van der Waals surface area (Å²) in [5.41, 5.74) is 0. The Kier molecular flexibility index (Phi) is 6.95. The minimum atomic E-state index is -0.167. The molecule has 6 heteroatoms. The minimum Gasteiger partial charge on any atom is -0.354 e. The van der Waals surface area contributed by atoms with Crippen molar-refractivity contribution in [3.8, 4) is 0 Å². The molecule has 0 saturated carbocycles.